The maximum absolute atomic E-state index is 14.5. The van der Waals surface area contributed by atoms with Crippen molar-refractivity contribution >= 4 is 0 Å². The summed E-state index contributed by atoms with van der Waals surface area (Å²) in [4.78, 5) is 0. The molecule has 21 heavy (non-hydrogen) atoms. The summed E-state index contributed by atoms with van der Waals surface area (Å²) in [6.45, 7) is 5.37. The van der Waals surface area contributed by atoms with Crippen molar-refractivity contribution in [3.63, 3.8) is 0 Å². The number of nitrogens with one attached hydrogen (secondary N) is 1. The fourth-order valence-corrected chi connectivity index (χ4v) is 2.89. The topological polar surface area (TPSA) is 21.3 Å². The van der Waals surface area contributed by atoms with Gasteiger partial charge in [-0.05, 0) is 36.2 Å². The minimum absolute atomic E-state index is 0.124. The Morgan fingerprint density at radius 1 is 1.29 bits per heavy atom. The zero-order valence-electron chi connectivity index (χ0n) is 12.4. The van der Waals surface area contributed by atoms with Crippen LogP contribution in [0.25, 0.3) is 0 Å². The quantitative estimate of drug-likeness (QED) is 0.923. The van der Waals surface area contributed by atoms with E-state index in [1.54, 1.807) is 13.0 Å². The first-order valence-corrected chi connectivity index (χ1v) is 7.44. The van der Waals surface area contributed by atoms with Gasteiger partial charge in [0.05, 0.1) is 12.6 Å². The fraction of sp³-hybridized carbons (Fsp3) is 0.333. The molecule has 3 heteroatoms. The Bertz CT molecular complexity index is 654. The molecule has 0 aromatic heterocycles. The second-order valence-corrected chi connectivity index (χ2v) is 5.43. The van der Waals surface area contributed by atoms with E-state index in [0.29, 0.717) is 11.1 Å². The Kier molecular flexibility index (Phi) is 3.93. The zero-order chi connectivity index (χ0) is 14.8. The van der Waals surface area contributed by atoms with Crippen molar-refractivity contribution in [2.45, 2.75) is 26.3 Å². The molecule has 3 rings (SSSR count). The van der Waals surface area contributed by atoms with E-state index in [4.69, 9.17) is 4.74 Å². The first kappa shape index (κ1) is 14.1. The van der Waals surface area contributed by atoms with Crippen LogP contribution in [-0.4, -0.2) is 13.2 Å². The third kappa shape index (κ3) is 2.66. The Balaban J connectivity index is 2.03. The van der Waals surface area contributed by atoms with Gasteiger partial charge in [-0.15, -0.1) is 0 Å². The van der Waals surface area contributed by atoms with Gasteiger partial charge in [-0.2, -0.15) is 0 Å². The van der Waals surface area contributed by atoms with Crippen LogP contribution >= 0.6 is 0 Å². The highest BCUT2D eigenvalue weighted by Crippen LogP contribution is 2.32. The van der Waals surface area contributed by atoms with E-state index < -0.39 is 0 Å². The Labute approximate surface area is 125 Å². The molecule has 1 N–H and O–H groups in total. The lowest BCUT2D eigenvalue weighted by molar-refractivity contribution is 0.357. The minimum Gasteiger partial charge on any atom is -0.493 e. The summed E-state index contributed by atoms with van der Waals surface area (Å²) in [5.41, 5.74) is 3.68. The van der Waals surface area contributed by atoms with Gasteiger partial charge in [0.2, 0.25) is 0 Å². The molecule has 1 unspecified atom stereocenters. The van der Waals surface area contributed by atoms with E-state index in [9.17, 15) is 4.39 Å². The average Bonchev–Trinajstić information content (AvgIpc) is 2.95. The van der Waals surface area contributed by atoms with Gasteiger partial charge >= 0.3 is 0 Å². The number of ether oxygens (including phenoxy) is 1. The second-order valence-electron chi connectivity index (χ2n) is 5.43. The van der Waals surface area contributed by atoms with E-state index in [0.717, 1.165) is 30.9 Å². The van der Waals surface area contributed by atoms with Gasteiger partial charge in [0.15, 0.2) is 0 Å². The average molecular weight is 285 g/mol. The lowest BCUT2D eigenvalue weighted by Crippen LogP contribution is -2.23. The Morgan fingerprint density at radius 2 is 2.14 bits per heavy atom. The first-order valence-electron chi connectivity index (χ1n) is 7.44. The van der Waals surface area contributed by atoms with Crippen molar-refractivity contribution in [2.24, 2.45) is 0 Å². The molecule has 0 fully saturated rings. The van der Waals surface area contributed by atoms with Crippen LogP contribution in [0.4, 0.5) is 4.39 Å². The van der Waals surface area contributed by atoms with Crippen molar-refractivity contribution in [3.8, 4) is 5.75 Å². The van der Waals surface area contributed by atoms with Crippen molar-refractivity contribution in [3.05, 3.63) is 64.5 Å². The van der Waals surface area contributed by atoms with Crippen molar-refractivity contribution < 1.29 is 9.13 Å². The number of hydrogen-bond donors (Lipinski definition) is 1. The van der Waals surface area contributed by atoms with E-state index >= 15 is 0 Å². The third-order valence-corrected chi connectivity index (χ3v) is 3.99. The molecule has 0 aliphatic carbocycles. The monoisotopic (exact) mass is 285 g/mol. The number of benzene rings is 2. The molecule has 1 atom stereocenters. The van der Waals surface area contributed by atoms with E-state index in [1.165, 1.54) is 5.56 Å². The fourth-order valence-electron chi connectivity index (χ4n) is 2.89. The van der Waals surface area contributed by atoms with Crippen LogP contribution in [0.1, 0.15) is 35.2 Å². The van der Waals surface area contributed by atoms with Gasteiger partial charge in [0.25, 0.3) is 0 Å². The van der Waals surface area contributed by atoms with Gasteiger partial charge in [-0.25, -0.2) is 4.39 Å². The van der Waals surface area contributed by atoms with Gasteiger partial charge in [0, 0.05) is 12.0 Å². The van der Waals surface area contributed by atoms with Crippen LogP contribution in [0, 0.1) is 12.7 Å². The highest BCUT2D eigenvalue weighted by molar-refractivity contribution is 5.44. The van der Waals surface area contributed by atoms with Crippen molar-refractivity contribution in [1.29, 1.82) is 0 Å². The molecule has 1 aliphatic rings. The molecule has 2 nitrogen and oxygen atoms in total. The van der Waals surface area contributed by atoms with Gasteiger partial charge in [-0.3, -0.25) is 0 Å². The maximum atomic E-state index is 14.5. The second kappa shape index (κ2) is 5.86. The molecule has 0 amide bonds. The summed E-state index contributed by atoms with van der Waals surface area (Å²) < 4.78 is 20.0. The zero-order valence-corrected chi connectivity index (χ0v) is 12.4. The van der Waals surface area contributed by atoms with Crippen LogP contribution in [0.3, 0.4) is 0 Å². The molecule has 0 saturated heterocycles. The SMILES string of the molecule is CCNC(c1ccc2c(c1)CCO2)c1cccc(C)c1F. The molecule has 0 saturated carbocycles. The lowest BCUT2D eigenvalue weighted by Gasteiger charge is -2.21. The summed E-state index contributed by atoms with van der Waals surface area (Å²) in [6, 6.07) is 11.6. The molecule has 1 heterocycles. The van der Waals surface area contributed by atoms with E-state index in [1.807, 2.05) is 31.2 Å². The first-order chi connectivity index (χ1) is 10.2. The number of halogens is 1. The highest BCUT2D eigenvalue weighted by Gasteiger charge is 2.20. The summed E-state index contributed by atoms with van der Waals surface area (Å²) in [6.07, 6.45) is 0.929. The summed E-state index contributed by atoms with van der Waals surface area (Å²) in [5.74, 6) is 0.832. The molecule has 2 aromatic rings. The standard InChI is InChI=1S/C18H20FNO/c1-3-20-18(15-6-4-5-12(2)17(15)19)14-7-8-16-13(11-14)9-10-21-16/h4-8,11,18,20H,3,9-10H2,1-2H3. The van der Waals surface area contributed by atoms with Crippen molar-refractivity contribution in [2.75, 3.05) is 13.2 Å². The Morgan fingerprint density at radius 3 is 2.95 bits per heavy atom. The lowest BCUT2D eigenvalue weighted by atomic mass is 9.95. The molecular formula is C18H20FNO. The van der Waals surface area contributed by atoms with Crippen LogP contribution in [-0.2, 0) is 6.42 Å². The smallest absolute Gasteiger partial charge is 0.131 e. The van der Waals surface area contributed by atoms with Crippen LogP contribution in [0.2, 0.25) is 0 Å². The van der Waals surface area contributed by atoms with Crippen LogP contribution < -0.4 is 10.1 Å². The van der Waals surface area contributed by atoms with Gasteiger partial charge in [-0.1, -0.05) is 37.3 Å². The number of rotatable bonds is 4. The molecule has 1 aliphatic heterocycles. The predicted molar refractivity (Wildman–Crippen MR) is 82.3 cm³/mol. The van der Waals surface area contributed by atoms with Crippen LogP contribution in [0.5, 0.6) is 5.75 Å². The molecular weight excluding hydrogens is 265 g/mol. The summed E-state index contributed by atoms with van der Waals surface area (Å²) >= 11 is 0. The largest absolute Gasteiger partial charge is 0.493 e. The molecule has 0 spiro atoms. The maximum Gasteiger partial charge on any atom is 0.131 e. The van der Waals surface area contributed by atoms with Crippen LogP contribution in [0.15, 0.2) is 36.4 Å². The highest BCUT2D eigenvalue weighted by atomic mass is 19.1. The normalized spacial score (nSPS) is 14.6. The number of fused-ring (bicyclic) bond motifs is 1. The minimum atomic E-state index is -0.125. The number of aryl methyl sites for hydroxylation is 1. The molecule has 0 bridgehead atoms. The van der Waals surface area contributed by atoms with E-state index in [2.05, 4.69) is 11.4 Å². The number of hydrogen-bond acceptors (Lipinski definition) is 2. The van der Waals surface area contributed by atoms with Gasteiger partial charge in [0.1, 0.15) is 11.6 Å². The summed E-state index contributed by atoms with van der Waals surface area (Å²) in [7, 11) is 0. The predicted octanol–water partition coefficient (Wildman–Crippen LogP) is 3.77. The molecule has 110 valence electrons. The molecule has 2 aromatic carbocycles. The van der Waals surface area contributed by atoms with Gasteiger partial charge < -0.3 is 10.1 Å². The molecule has 0 radical (unpaired) electrons. The third-order valence-electron chi connectivity index (χ3n) is 3.99. The summed E-state index contributed by atoms with van der Waals surface area (Å²) in [5, 5.41) is 3.39. The van der Waals surface area contributed by atoms with E-state index in [-0.39, 0.29) is 11.9 Å². The van der Waals surface area contributed by atoms with Crippen molar-refractivity contribution in [1.82, 2.24) is 5.32 Å². The Hall–Kier alpha value is -1.87.